The molecule has 1 atom stereocenters. The maximum Gasteiger partial charge on any atom is 0.417 e. The van der Waals surface area contributed by atoms with Crippen LogP contribution in [0.2, 0.25) is 0 Å². The van der Waals surface area contributed by atoms with E-state index < -0.39 is 11.7 Å². The summed E-state index contributed by atoms with van der Waals surface area (Å²) < 4.78 is 39.8. The van der Waals surface area contributed by atoms with Gasteiger partial charge < -0.3 is 10.2 Å². The first-order valence-electron chi connectivity index (χ1n) is 8.03. The van der Waals surface area contributed by atoms with Gasteiger partial charge in [0.2, 0.25) is 0 Å². The first-order chi connectivity index (χ1) is 11.6. The molecular weight excluding hydrogens is 335 g/mol. The van der Waals surface area contributed by atoms with E-state index in [-0.39, 0.29) is 29.9 Å². The number of alkyl halides is 3. The van der Waals surface area contributed by atoms with E-state index in [1.54, 1.807) is 11.9 Å². The van der Waals surface area contributed by atoms with Crippen molar-refractivity contribution in [3.05, 3.63) is 29.7 Å². The van der Waals surface area contributed by atoms with Crippen molar-refractivity contribution in [1.29, 1.82) is 0 Å². The van der Waals surface area contributed by atoms with Gasteiger partial charge in [0.15, 0.2) is 11.5 Å². The maximum atomic E-state index is 12.8. The Kier molecular flexibility index (Phi) is 4.12. The van der Waals surface area contributed by atoms with Crippen LogP contribution in [0.4, 0.5) is 18.0 Å². The van der Waals surface area contributed by atoms with Crippen molar-refractivity contribution in [3.8, 4) is 0 Å². The second-order valence-electron chi connectivity index (χ2n) is 6.86. The van der Waals surface area contributed by atoms with Crippen molar-refractivity contribution in [1.82, 2.24) is 24.8 Å². The molecule has 0 aliphatic heterocycles. The Labute approximate surface area is 143 Å². The highest BCUT2D eigenvalue weighted by Gasteiger charge is 2.45. The summed E-state index contributed by atoms with van der Waals surface area (Å²) in [5.41, 5.74) is -0.348. The lowest BCUT2D eigenvalue weighted by atomic mass is 10.00. The number of carbonyl (C=O) groups excluding carboxylic acids is 1. The SMILES string of the molecule is CC(N(C)C(=O)NCc1nnc2ccc(C(F)(F)F)cn12)C1(C)CC1. The van der Waals surface area contributed by atoms with E-state index in [0.717, 1.165) is 25.1 Å². The van der Waals surface area contributed by atoms with Gasteiger partial charge in [0.1, 0.15) is 0 Å². The standard InChI is InChI=1S/C16H20F3N5O/c1-10(15(2)6-7-15)23(3)14(25)20-8-13-22-21-12-5-4-11(9-24(12)13)16(17,18)19/h4-5,9-10H,6-8H2,1-3H3,(H,20,25). The molecule has 1 fully saturated rings. The van der Waals surface area contributed by atoms with E-state index in [4.69, 9.17) is 0 Å². The Morgan fingerprint density at radius 1 is 1.40 bits per heavy atom. The van der Waals surface area contributed by atoms with E-state index in [9.17, 15) is 18.0 Å². The zero-order valence-electron chi connectivity index (χ0n) is 14.3. The van der Waals surface area contributed by atoms with E-state index in [2.05, 4.69) is 22.4 Å². The highest BCUT2D eigenvalue weighted by Crippen LogP contribution is 2.49. The number of hydrogen-bond donors (Lipinski definition) is 1. The number of urea groups is 1. The molecule has 0 bridgehead atoms. The number of hydrogen-bond acceptors (Lipinski definition) is 3. The maximum absolute atomic E-state index is 12.8. The van der Waals surface area contributed by atoms with Crippen LogP contribution in [0.15, 0.2) is 18.3 Å². The molecule has 6 nitrogen and oxygen atoms in total. The third kappa shape index (κ3) is 3.40. The Morgan fingerprint density at radius 3 is 2.68 bits per heavy atom. The summed E-state index contributed by atoms with van der Waals surface area (Å²) in [6, 6.07) is 2.00. The molecule has 9 heteroatoms. The number of fused-ring (bicyclic) bond motifs is 1. The van der Waals surface area contributed by atoms with Gasteiger partial charge in [0.25, 0.3) is 0 Å². The van der Waals surface area contributed by atoms with E-state index >= 15 is 0 Å². The summed E-state index contributed by atoms with van der Waals surface area (Å²) in [5.74, 6) is 0.244. The fourth-order valence-corrected chi connectivity index (χ4v) is 2.76. The number of halogens is 3. The van der Waals surface area contributed by atoms with Crippen LogP contribution in [-0.4, -0.2) is 38.6 Å². The number of aromatic nitrogens is 3. The van der Waals surface area contributed by atoms with Gasteiger partial charge in [-0.3, -0.25) is 4.40 Å². The number of carbonyl (C=O) groups is 1. The Hall–Kier alpha value is -2.32. The Morgan fingerprint density at radius 2 is 2.08 bits per heavy atom. The monoisotopic (exact) mass is 355 g/mol. The molecule has 3 rings (SSSR count). The van der Waals surface area contributed by atoms with Crippen molar-refractivity contribution < 1.29 is 18.0 Å². The van der Waals surface area contributed by atoms with Crippen molar-refractivity contribution in [3.63, 3.8) is 0 Å². The number of rotatable bonds is 4. The number of amides is 2. The molecule has 1 unspecified atom stereocenters. The predicted octanol–water partition coefficient (Wildman–Crippen LogP) is 3.08. The highest BCUT2D eigenvalue weighted by molar-refractivity contribution is 5.74. The molecule has 1 aliphatic carbocycles. The van der Waals surface area contributed by atoms with E-state index in [0.29, 0.717) is 5.65 Å². The molecule has 2 aromatic rings. The van der Waals surface area contributed by atoms with Gasteiger partial charge in [0, 0.05) is 19.3 Å². The van der Waals surface area contributed by atoms with E-state index in [1.165, 1.54) is 10.5 Å². The zero-order valence-corrected chi connectivity index (χ0v) is 14.3. The quantitative estimate of drug-likeness (QED) is 0.917. The van der Waals surface area contributed by atoms with Gasteiger partial charge in [-0.25, -0.2) is 4.79 Å². The second-order valence-corrected chi connectivity index (χ2v) is 6.86. The van der Waals surface area contributed by atoms with Crippen molar-refractivity contribution >= 4 is 11.7 Å². The smallest absolute Gasteiger partial charge is 0.331 e. The molecule has 1 aliphatic rings. The van der Waals surface area contributed by atoms with Crippen LogP contribution in [0.25, 0.3) is 5.65 Å². The molecule has 1 saturated carbocycles. The molecule has 0 radical (unpaired) electrons. The summed E-state index contributed by atoms with van der Waals surface area (Å²) >= 11 is 0. The lowest BCUT2D eigenvalue weighted by molar-refractivity contribution is -0.137. The highest BCUT2D eigenvalue weighted by atomic mass is 19.4. The third-order valence-electron chi connectivity index (χ3n) is 5.15. The minimum Gasteiger partial charge on any atom is -0.331 e. The van der Waals surface area contributed by atoms with Gasteiger partial charge >= 0.3 is 12.2 Å². The predicted molar refractivity (Wildman–Crippen MR) is 84.8 cm³/mol. The summed E-state index contributed by atoms with van der Waals surface area (Å²) in [5, 5.41) is 10.4. The average molecular weight is 355 g/mol. The van der Waals surface area contributed by atoms with Crippen LogP contribution < -0.4 is 5.32 Å². The normalized spacial score (nSPS) is 17.4. The van der Waals surface area contributed by atoms with Gasteiger partial charge in [-0.2, -0.15) is 13.2 Å². The van der Waals surface area contributed by atoms with Crippen LogP contribution in [-0.2, 0) is 12.7 Å². The molecule has 2 aromatic heterocycles. The van der Waals surface area contributed by atoms with Crippen LogP contribution in [0, 0.1) is 5.41 Å². The second kappa shape index (κ2) is 5.89. The first-order valence-corrected chi connectivity index (χ1v) is 8.03. The molecule has 0 aromatic carbocycles. The lowest BCUT2D eigenvalue weighted by Crippen LogP contribution is -2.45. The summed E-state index contributed by atoms with van der Waals surface area (Å²) in [4.78, 5) is 13.9. The summed E-state index contributed by atoms with van der Waals surface area (Å²) in [7, 11) is 1.72. The minimum absolute atomic E-state index is 0.00488. The molecule has 2 amide bonds. The third-order valence-corrected chi connectivity index (χ3v) is 5.15. The number of nitrogens with zero attached hydrogens (tertiary/aromatic N) is 4. The molecule has 0 saturated heterocycles. The fraction of sp³-hybridized carbons (Fsp3) is 0.562. The zero-order chi connectivity index (χ0) is 18.4. The Balaban J connectivity index is 1.71. The van der Waals surface area contributed by atoms with Crippen LogP contribution in [0.3, 0.4) is 0 Å². The summed E-state index contributed by atoms with van der Waals surface area (Å²) in [6.07, 6.45) is -1.34. The molecule has 25 heavy (non-hydrogen) atoms. The van der Waals surface area contributed by atoms with Crippen LogP contribution in [0.1, 0.15) is 38.1 Å². The molecular formula is C16H20F3N5O. The van der Waals surface area contributed by atoms with Gasteiger partial charge in [-0.15, -0.1) is 10.2 Å². The van der Waals surface area contributed by atoms with Gasteiger partial charge in [-0.05, 0) is 37.3 Å². The molecule has 136 valence electrons. The largest absolute Gasteiger partial charge is 0.417 e. The lowest BCUT2D eigenvalue weighted by Gasteiger charge is -2.30. The first kappa shape index (κ1) is 17.5. The minimum atomic E-state index is -4.45. The molecule has 0 spiro atoms. The fourth-order valence-electron chi connectivity index (χ4n) is 2.76. The van der Waals surface area contributed by atoms with Gasteiger partial charge in [0.05, 0.1) is 12.1 Å². The number of pyridine rings is 1. The summed E-state index contributed by atoms with van der Waals surface area (Å²) in [6.45, 7) is 4.12. The molecule has 2 heterocycles. The van der Waals surface area contributed by atoms with Crippen molar-refractivity contribution in [2.24, 2.45) is 5.41 Å². The van der Waals surface area contributed by atoms with E-state index in [1.807, 2.05) is 6.92 Å². The van der Waals surface area contributed by atoms with Crippen molar-refractivity contribution in [2.75, 3.05) is 7.05 Å². The topological polar surface area (TPSA) is 62.5 Å². The van der Waals surface area contributed by atoms with Crippen molar-refractivity contribution in [2.45, 2.75) is 45.5 Å². The Bertz CT molecular complexity index is 797. The average Bonchev–Trinajstić information content (AvgIpc) is 3.18. The van der Waals surface area contributed by atoms with Crippen LogP contribution >= 0.6 is 0 Å². The van der Waals surface area contributed by atoms with Crippen LogP contribution in [0.5, 0.6) is 0 Å². The number of nitrogens with one attached hydrogen (secondary N) is 1. The van der Waals surface area contributed by atoms with Gasteiger partial charge in [-0.1, -0.05) is 6.92 Å². The molecule has 1 N–H and O–H groups in total.